The number of aryl methyl sites for hydroxylation is 2. The molecular formula is C12H14N2S2. The Morgan fingerprint density at radius 3 is 2.31 bits per heavy atom. The highest BCUT2D eigenvalue weighted by Gasteiger charge is 2.10. The lowest BCUT2D eigenvalue weighted by molar-refractivity contribution is 1.27. The fourth-order valence-corrected chi connectivity index (χ4v) is 2.99. The van der Waals surface area contributed by atoms with E-state index in [2.05, 4.69) is 37.2 Å². The predicted octanol–water partition coefficient (Wildman–Crippen LogP) is 3.73. The summed E-state index contributed by atoms with van der Waals surface area (Å²) in [5, 5.41) is 2.64. The number of anilines is 1. The minimum absolute atomic E-state index is 0.628. The summed E-state index contributed by atoms with van der Waals surface area (Å²) in [5.74, 6) is 0. The number of benzene rings is 1. The lowest BCUT2D eigenvalue weighted by atomic mass is 10.0. The molecule has 2 aromatic rings. The number of nitrogens with two attached hydrogens (primary N) is 1. The molecule has 2 N–H and O–H groups in total. The molecule has 0 aliphatic rings. The quantitative estimate of drug-likeness (QED) is 0.825. The van der Waals surface area contributed by atoms with E-state index in [-0.39, 0.29) is 0 Å². The first-order valence-electron chi connectivity index (χ1n) is 4.98. The van der Waals surface area contributed by atoms with Crippen LogP contribution in [0.5, 0.6) is 0 Å². The molecule has 0 atom stereocenters. The van der Waals surface area contributed by atoms with Crippen molar-refractivity contribution in [2.45, 2.75) is 18.7 Å². The standard InChI is InChI=1S/C12H14N2S2/c1-7-4-9(15-3)5-8(2)11(7)10-6-16-12(13)14-10/h4-6H,1-3H3,(H2,13,14). The van der Waals surface area contributed by atoms with Gasteiger partial charge in [0.15, 0.2) is 5.13 Å². The normalized spacial score (nSPS) is 10.7. The van der Waals surface area contributed by atoms with Gasteiger partial charge in [-0.05, 0) is 43.4 Å². The maximum Gasteiger partial charge on any atom is 0.180 e. The molecular weight excluding hydrogens is 236 g/mol. The Balaban J connectivity index is 2.57. The molecule has 0 aliphatic heterocycles. The van der Waals surface area contributed by atoms with Gasteiger partial charge in [0, 0.05) is 15.8 Å². The van der Waals surface area contributed by atoms with Gasteiger partial charge in [-0.3, -0.25) is 0 Å². The molecule has 1 aromatic carbocycles. The van der Waals surface area contributed by atoms with Crippen molar-refractivity contribution < 1.29 is 0 Å². The number of rotatable bonds is 2. The van der Waals surface area contributed by atoms with Crippen LogP contribution in [0.25, 0.3) is 11.3 Å². The fourth-order valence-electron chi connectivity index (χ4n) is 1.85. The molecule has 0 saturated heterocycles. The van der Waals surface area contributed by atoms with E-state index in [4.69, 9.17) is 5.73 Å². The van der Waals surface area contributed by atoms with E-state index in [1.165, 1.54) is 32.9 Å². The van der Waals surface area contributed by atoms with Gasteiger partial charge in [-0.2, -0.15) is 0 Å². The summed E-state index contributed by atoms with van der Waals surface area (Å²) in [6.45, 7) is 4.25. The topological polar surface area (TPSA) is 38.9 Å². The van der Waals surface area contributed by atoms with Gasteiger partial charge in [-0.1, -0.05) is 0 Å². The fraction of sp³-hybridized carbons (Fsp3) is 0.250. The summed E-state index contributed by atoms with van der Waals surface area (Å²) in [6, 6.07) is 4.39. The lowest BCUT2D eigenvalue weighted by Crippen LogP contribution is -1.90. The highest BCUT2D eigenvalue weighted by molar-refractivity contribution is 7.98. The Hall–Kier alpha value is -1.00. The lowest BCUT2D eigenvalue weighted by Gasteiger charge is -2.09. The van der Waals surface area contributed by atoms with Crippen LogP contribution in [0.3, 0.4) is 0 Å². The maximum atomic E-state index is 5.68. The van der Waals surface area contributed by atoms with E-state index in [9.17, 15) is 0 Å². The Bertz CT molecular complexity index is 494. The van der Waals surface area contributed by atoms with Crippen molar-refractivity contribution in [1.29, 1.82) is 0 Å². The van der Waals surface area contributed by atoms with Crippen LogP contribution >= 0.6 is 23.1 Å². The second-order valence-corrected chi connectivity index (χ2v) is 5.48. The van der Waals surface area contributed by atoms with E-state index < -0.39 is 0 Å². The number of thioether (sulfide) groups is 1. The van der Waals surface area contributed by atoms with Crippen LogP contribution in [-0.4, -0.2) is 11.2 Å². The van der Waals surface area contributed by atoms with E-state index in [0.29, 0.717) is 5.13 Å². The first kappa shape index (κ1) is 11.5. The molecule has 84 valence electrons. The maximum absolute atomic E-state index is 5.68. The second-order valence-electron chi connectivity index (χ2n) is 3.71. The summed E-state index contributed by atoms with van der Waals surface area (Å²) < 4.78 is 0. The van der Waals surface area contributed by atoms with Gasteiger partial charge in [-0.25, -0.2) is 4.98 Å². The average Bonchev–Trinajstić information content (AvgIpc) is 2.63. The van der Waals surface area contributed by atoms with E-state index in [1.807, 2.05) is 5.38 Å². The minimum Gasteiger partial charge on any atom is -0.375 e. The number of nitrogens with zero attached hydrogens (tertiary/aromatic N) is 1. The third kappa shape index (κ3) is 2.08. The van der Waals surface area contributed by atoms with E-state index in [1.54, 1.807) is 11.8 Å². The Morgan fingerprint density at radius 1 is 1.25 bits per heavy atom. The molecule has 1 aromatic heterocycles. The molecule has 0 fully saturated rings. The number of hydrogen-bond acceptors (Lipinski definition) is 4. The van der Waals surface area contributed by atoms with Gasteiger partial charge >= 0.3 is 0 Å². The zero-order valence-corrected chi connectivity index (χ0v) is 11.2. The van der Waals surface area contributed by atoms with Crippen LogP contribution < -0.4 is 5.73 Å². The third-order valence-electron chi connectivity index (χ3n) is 2.52. The Labute approximate surface area is 104 Å². The van der Waals surface area contributed by atoms with Crippen molar-refractivity contribution in [1.82, 2.24) is 4.98 Å². The number of thiazole rings is 1. The van der Waals surface area contributed by atoms with Gasteiger partial charge in [0.25, 0.3) is 0 Å². The monoisotopic (exact) mass is 250 g/mol. The molecule has 0 saturated carbocycles. The Kier molecular flexibility index (Phi) is 3.21. The molecule has 0 amide bonds. The summed E-state index contributed by atoms with van der Waals surface area (Å²) in [4.78, 5) is 5.64. The van der Waals surface area contributed by atoms with E-state index in [0.717, 1.165) is 5.69 Å². The van der Waals surface area contributed by atoms with Crippen LogP contribution in [0.1, 0.15) is 11.1 Å². The first-order chi connectivity index (χ1) is 7.61. The SMILES string of the molecule is CSc1cc(C)c(-c2csc(N)n2)c(C)c1. The van der Waals surface area contributed by atoms with Crippen molar-refractivity contribution in [3.8, 4) is 11.3 Å². The minimum atomic E-state index is 0.628. The third-order valence-corrected chi connectivity index (χ3v) is 3.90. The van der Waals surface area contributed by atoms with Crippen molar-refractivity contribution >= 4 is 28.2 Å². The van der Waals surface area contributed by atoms with Crippen LogP contribution in [0.2, 0.25) is 0 Å². The van der Waals surface area contributed by atoms with Crippen LogP contribution in [0.4, 0.5) is 5.13 Å². The van der Waals surface area contributed by atoms with Gasteiger partial charge in [0.2, 0.25) is 0 Å². The molecule has 0 radical (unpaired) electrons. The van der Waals surface area contributed by atoms with Gasteiger partial charge in [0.1, 0.15) is 0 Å². The van der Waals surface area contributed by atoms with Gasteiger partial charge in [-0.15, -0.1) is 23.1 Å². The largest absolute Gasteiger partial charge is 0.375 e. The van der Waals surface area contributed by atoms with E-state index >= 15 is 0 Å². The highest BCUT2D eigenvalue weighted by atomic mass is 32.2. The number of aromatic nitrogens is 1. The molecule has 0 aliphatic carbocycles. The zero-order valence-electron chi connectivity index (χ0n) is 9.57. The molecule has 1 heterocycles. The summed E-state index contributed by atoms with van der Waals surface area (Å²) >= 11 is 3.25. The summed E-state index contributed by atoms with van der Waals surface area (Å²) in [7, 11) is 0. The van der Waals surface area contributed by atoms with Crippen molar-refractivity contribution in [3.63, 3.8) is 0 Å². The molecule has 2 nitrogen and oxygen atoms in total. The molecule has 16 heavy (non-hydrogen) atoms. The summed E-state index contributed by atoms with van der Waals surface area (Å²) in [6.07, 6.45) is 2.09. The predicted molar refractivity (Wildman–Crippen MR) is 73.2 cm³/mol. The van der Waals surface area contributed by atoms with Crippen LogP contribution in [0.15, 0.2) is 22.4 Å². The molecule has 0 spiro atoms. The van der Waals surface area contributed by atoms with Crippen molar-refractivity contribution in [2.75, 3.05) is 12.0 Å². The van der Waals surface area contributed by atoms with Crippen LogP contribution in [0, 0.1) is 13.8 Å². The second kappa shape index (κ2) is 4.47. The van der Waals surface area contributed by atoms with Gasteiger partial charge in [0.05, 0.1) is 5.69 Å². The van der Waals surface area contributed by atoms with Crippen molar-refractivity contribution in [2.24, 2.45) is 0 Å². The zero-order chi connectivity index (χ0) is 11.7. The Morgan fingerprint density at radius 2 is 1.88 bits per heavy atom. The molecule has 2 rings (SSSR count). The smallest absolute Gasteiger partial charge is 0.180 e. The number of nitrogen functional groups attached to an aromatic ring is 1. The first-order valence-corrected chi connectivity index (χ1v) is 7.09. The molecule has 0 bridgehead atoms. The number of hydrogen-bond donors (Lipinski definition) is 1. The molecule has 4 heteroatoms. The van der Waals surface area contributed by atoms with Crippen molar-refractivity contribution in [3.05, 3.63) is 28.6 Å². The molecule has 0 unspecified atom stereocenters. The highest BCUT2D eigenvalue weighted by Crippen LogP contribution is 2.32. The van der Waals surface area contributed by atoms with Crippen LogP contribution in [-0.2, 0) is 0 Å². The summed E-state index contributed by atoms with van der Waals surface area (Å²) in [5.41, 5.74) is 10.4. The van der Waals surface area contributed by atoms with Gasteiger partial charge < -0.3 is 5.73 Å². The average molecular weight is 250 g/mol.